The summed E-state index contributed by atoms with van der Waals surface area (Å²) in [6, 6.07) is 4.77. The van der Waals surface area contributed by atoms with Crippen LogP contribution in [0.4, 0.5) is 4.39 Å². The monoisotopic (exact) mass is 346 g/mol. The van der Waals surface area contributed by atoms with E-state index >= 15 is 0 Å². The maximum absolute atomic E-state index is 13.7. The van der Waals surface area contributed by atoms with Gasteiger partial charge >= 0.3 is 5.97 Å². The highest BCUT2D eigenvalue weighted by Gasteiger charge is 2.71. The first-order valence-electron chi connectivity index (χ1n) is 8.80. The topological polar surface area (TPSA) is 44.8 Å². The average Bonchev–Trinajstić information content (AvgIpc) is 3.20. The Bertz CT molecular complexity index is 729. The van der Waals surface area contributed by atoms with Gasteiger partial charge in [-0.3, -0.25) is 4.79 Å². The number of ether oxygens (including phenoxy) is 3. The Morgan fingerprint density at radius 3 is 2.84 bits per heavy atom. The van der Waals surface area contributed by atoms with Gasteiger partial charge < -0.3 is 14.2 Å². The standard InChI is InChI=1S/C20H23FO4/c1-11-15(13-7-6-12(21)9-14(13)17(11)23-2)10-20(19(22)24-3)16-5-4-8-25-18(16)20/h6-7,9-11,16-18H,4-5,8H2,1-3H3/t11-,16+,17+,18-,20-/m1/s1. The van der Waals surface area contributed by atoms with Crippen LogP contribution in [0.15, 0.2) is 24.3 Å². The number of fused-ring (bicyclic) bond motifs is 2. The summed E-state index contributed by atoms with van der Waals surface area (Å²) >= 11 is 0. The summed E-state index contributed by atoms with van der Waals surface area (Å²) in [7, 11) is 3.06. The molecule has 0 aromatic heterocycles. The molecule has 134 valence electrons. The van der Waals surface area contributed by atoms with Gasteiger partial charge in [0, 0.05) is 25.6 Å². The number of methoxy groups -OCH3 is 2. The van der Waals surface area contributed by atoms with Gasteiger partial charge in [-0.25, -0.2) is 4.39 Å². The minimum atomic E-state index is -0.719. The summed E-state index contributed by atoms with van der Waals surface area (Å²) in [6.07, 6.45) is 3.62. The van der Waals surface area contributed by atoms with E-state index in [-0.39, 0.29) is 35.8 Å². The van der Waals surface area contributed by atoms with Crippen molar-refractivity contribution in [2.75, 3.05) is 20.8 Å². The van der Waals surface area contributed by atoms with Crippen LogP contribution in [0.25, 0.3) is 5.57 Å². The number of halogens is 1. The second-order valence-electron chi connectivity index (χ2n) is 7.24. The Morgan fingerprint density at radius 2 is 2.20 bits per heavy atom. The molecule has 0 unspecified atom stereocenters. The first-order valence-corrected chi connectivity index (χ1v) is 8.80. The van der Waals surface area contributed by atoms with Crippen molar-refractivity contribution in [2.24, 2.45) is 17.3 Å². The summed E-state index contributed by atoms with van der Waals surface area (Å²) in [5.41, 5.74) is 2.09. The third kappa shape index (κ3) is 2.29. The van der Waals surface area contributed by atoms with Crippen molar-refractivity contribution in [2.45, 2.75) is 32.0 Å². The van der Waals surface area contributed by atoms with Gasteiger partial charge in [0.25, 0.3) is 0 Å². The summed E-state index contributed by atoms with van der Waals surface area (Å²) < 4.78 is 30.3. The van der Waals surface area contributed by atoms with Crippen molar-refractivity contribution >= 4 is 11.5 Å². The van der Waals surface area contributed by atoms with Crippen LogP contribution in [0.5, 0.6) is 0 Å². The quantitative estimate of drug-likeness (QED) is 0.786. The van der Waals surface area contributed by atoms with Crippen LogP contribution in [-0.2, 0) is 19.0 Å². The van der Waals surface area contributed by atoms with E-state index in [1.54, 1.807) is 13.2 Å². The van der Waals surface area contributed by atoms with E-state index < -0.39 is 5.41 Å². The largest absolute Gasteiger partial charge is 0.468 e. The fourth-order valence-electron chi connectivity index (χ4n) is 4.80. The molecule has 5 heteroatoms. The molecule has 3 aliphatic rings. The third-order valence-electron chi connectivity index (χ3n) is 6.06. The molecule has 2 fully saturated rings. The van der Waals surface area contributed by atoms with E-state index in [1.807, 2.05) is 6.08 Å². The minimum Gasteiger partial charge on any atom is -0.468 e. The van der Waals surface area contributed by atoms with Crippen molar-refractivity contribution in [3.8, 4) is 0 Å². The predicted molar refractivity (Wildman–Crippen MR) is 90.2 cm³/mol. The Hall–Kier alpha value is -1.72. The van der Waals surface area contributed by atoms with Gasteiger partial charge in [-0.2, -0.15) is 0 Å². The molecular formula is C20H23FO4. The van der Waals surface area contributed by atoms with Crippen LogP contribution in [0, 0.1) is 23.1 Å². The highest BCUT2D eigenvalue weighted by molar-refractivity contribution is 5.89. The fraction of sp³-hybridized carbons (Fsp3) is 0.550. The molecule has 2 aliphatic carbocycles. The molecule has 0 radical (unpaired) electrons. The van der Waals surface area contributed by atoms with Crippen molar-refractivity contribution in [1.29, 1.82) is 0 Å². The lowest BCUT2D eigenvalue weighted by atomic mass is 9.91. The molecule has 1 aromatic rings. The summed E-state index contributed by atoms with van der Waals surface area (Å²) in [6.45, 7) is 2.73. The smallest absolute Gasteiger partial charge is 0.318 e. The van der Waals surface area contributed by atoms with Gasteiger partial charge in [-0.1, -0.05) is 19.1 Å². The van der Waals surface area contributed by atoms with Gasteiger partial charge in [0.1, 0.15) is 11.2 Å². The van der Waals surface area contributed by atoms with Crippen LogP contribution < -0.4 is 0 Å². The van der Waals surface area contributed by atoms with E-state index in [1.165, 1.54) is 19.2 Å². The molecule has 5 atom stereocenters. The number of carbonyl (C=O) groups excluding carboxylic acids is 1. The zero-order chi connectivity index (χ0) is 17.8. The number of esters is 1. The zero-order valence-electron chi connectivity index (χ0n) is 14.8. The van der Waals surface area contributed by atoms with Crippen LogP contribution in [-0.4, -0.2) is 32.9 Å². The summed E-state index contributed by atoms with van der Waals surface area (Å²) in [4.78, 5) is 12.6. The molecule has 0 amide bonds. The maximum atomic E-state index is 13.7. The molecule has 1 aromatic carbocycles. The van der Waals surface area contributed by atoms with Crippen molar-refractivity contribution < 1.29 is 23.4 Å². The molecular weight excluding hydrogens is 323 g/mol. The lowest BCUT2D eigenvalue weighted by Crippen LogP contribution is -2.22. The molecule has 4 rings (SSSR count). The second-order valence-corrected chi connectivity index (χ2v) is 7.24. The van der Waals surface area contributed by atoms with Crippen LogP contribution in [0.3, 0.4) is 0 Å². The Labute approximate surface area is 147 Å². The van der Waals surface area contributed by atoms with E-state index in [0.29, 0.717) is 6.61 Å². The number of benzene rings is 1. The van der Waals surface area contributed by atoms with E-state index in [9.17, 15) is 9.18 Å². The van der Waals surface area contributed by atoms with E-state index in [0.717, 1.165) is 29.5 Å². The minimum absolute atomic E-state index is 0.0333. The fourth-order valence-corrected chi connectivity index (χ4v) is 4.80. The Morgan fingerprint density at radius 1 is 1.40 bits per heavy atom. The van der Waals surface area contributed by atoms with E-state index in [4.69, 9.17) is 14.2 Å². The lowest BCUT2D eigenvalue weighted by Gasteiger charge is -2.17. The van der Waals surface area contributed by atoms with E-state index in [2.05, 4.69) is 6.92 Å². The normalized spacial score (nSPS) is 37.5. The van der Waals surface area contributed by atoms with Gasteiger partial charge in [-0.05, 0) is 41.7 Å². The number of carbonyl (C=O) groups is 1. The first kappa shape index (κ1) is 16.7. The Balaban J connectivity index is 1.81. The second kappa shape index (κ2) is 5.92. The average molecular weight is 346 g/mol. The molecule has 0 N–H and O–H groups in total. The highest BCUT2D eigenvalue weighted by Crippen LogP contribution is 2.63. The zero-order valence-corrected chi connectivity index (χ0v) is 14.8. The van der Waals surface area contributed by atoms with Gasteiger partial charge in [0.2, 0.25) is 0 Å². The van der Waals surface area contributed by atoms with Gasteiger partial charge in [0.15, 0.2) is 0 Å². The number of hydrogen-bond donors (Lipinski definition) is 0. The molecule has 0 spiro atoms. The number of rotatable bonds is 3. The molecule has 4 nitrogen and oxygen atoms in total. The molecule has 1 saturated heterocycles. The molecule has 25 heavy (non-hydrogen) atoms. The van der Waals surface area contributed by atoms with Crippen LogP contribution >= 0.6 is 0 Å². The highest BCUT2D eigenvalue weighted by atomic mass is 19.1. The van der Waals surface area contributed by atoms with Crippen molar-refractivity contribution in [3.63, 3.8) is 0 Å². The van der Waals surface area contributed by atoms with Crippen LogP contribution in [0.1, 0.15) is 37.0 Å². The number of hydrogen-bond acceptors (Lipinski definition) is 4. The van der Waals surface area contributed by atoms with Crippen LogP contribution in [0.2, 0.25) is 0 Å². The molecule has 1 aliphatic heterocycles. The van der Waals surface area contributed by atoms with Gasteiger partial charge in [0.05, 0.1) is 19.3 Å². The summed E-state index contributed by atoms with van der Waals surface area (Å²) in [5, 5.41) is 0. The van der Waals surface area contributed by atoms with Crippen molar-refractivity contribution in [3.05, 3.63) is 41.2 Å². The molecule has 1 saturated carbocycles. The Kier molecular flexibility index (Phi) is 3.96. The third-order valence-corrected chi connectivity index (χ3v) is 6.06. The first-order chi connectivity index (χ1) is 12.0. The van der Waals surface area contributed by atoms with Crippen molar-refractivity contribution in [1.82, 2.24) is 0 Å². The molecule has 0 bridgehead atoms. The SMILES string of the molecule is COC(=O)[C@@]1(C=C2c3ccc(F)cc3[C@@H](OC)[C@@H]2C)[C@@H]2OCCC[C@@H]21. The predicted octanol–water partition coefficient (Wildman–Crippen LogP) is 3.51. The maximum Gasteiger partial charge on any atom is 0.318 e. The molecule has 1 heterocycles. The lowest BCUT2D eigenvalue weighted by molar-refractivity contribution is -0.146. The van der Waals surface area contributed by atoms with Gasteiger partial charge in [-0.15, -0.1) is 0 Å². The summed E-state index contributed by atoms with van der Waals surface area (Å²) in [5.74, 6) is -0.320.